The molecule has 98 heavy (non-hydrogen) atoms. The monoisotopic (exact) mass is 1710 g/mol. The molecule has 6 heterocycles. The van der Waals surface area contributed by atoms with Gasteiger partial charge in [0.15, 0.2) is 47.6 Å². The Morgan fingerprint density at radius 2 is 0.694 bits per heavy atom. The number of unbranched alkanes of at least 4 members (excludes halogenated alkanes) is 4. The fourth-order valence-corrected chi connectivity index (χ4v) is 14.7. The molecule has 3 aromatic carbocycles. The Labute approximate surface area is 653 Å². The van der Waals surface area contributed by atoms with Crippen LogP contribution < -0.4 is 86.6 Å². The molecular weight excluding hydrogens is 1600 g/mol. The van der Waals surface area contributed by atoms with Gasteiger partial charge in [0.25, 0.3) is 0 Å². The summed E-state index contributed by atoms with van der Waals surface area (Å²) in [6.07, 6.45) is 31.7. The lowest BCUT2D eigenvalue weighted by molar-refractivity contribution is -0.716. The highest BCUT2D eigenvalue weighted by Crippen LogP contribution is 2.40. The average Bonchev–Trinajstić information content (AvgIpc) is 0.838. The molecule has 0 aliphatic rings. The van der Waals surface area contributed by atoms with E-state index in [2.05, 4.69) is 322 Å². The van der Waals surface area contributed by atoms with Crippen LogP contribution in [-0.2, 0) is 19.6 Å². The molecule has 0 saturated heterocycles. The van der Waals surface area contributed by atoms with Crippen molar-refractivity contribution in [3.8, 4) is 0 Å². The standard InChI is InChI=1S/C57H75N4.C24H28N2.C4H8Br2.CH4.4BrH/c1-6-9-21-36-61-39-24-19-34-57(61)53(43-47(5)51-29-14-11-15-30-51)45-49(8-3)56-33-18-23-38-60(56)41-26-25-40-59-37-22-17-32-55(59)48(7-2)44-52(54-31-16-20-35-58-54)42-46(4)50-27-12-10-13-28-50;1-3-20(23-13-7-9-15-25-23)18-22(24-14-8-10-16-26-24)17-19(2)21-11-5-4-6-12-21;5-3-1-2-4-6;;;;;/h10-20,22-24,27-35,37-39,46-49,52-53H,6-9,21,25-26,36,40-45H2,1-5H3;4-16,19-20,22H,3,17-18H2,1-2H3;1-4H2;1H4;4*1H/q+3;;;;;;;/p-3. The van der Waals surface area contributed by atoms with Crippen molar-refractivity contribution in [3.05, 3.63) is 288 Å². The number of aromatic amines is 1. The van der Waals surface area contributed by atoms with Crippen molar-refractivity contribution in [1.29, 1.82) is 0 Å². The molecule has 9 aromatic rings. The molecule has 532 valence electrons. The third kappa shape index (κ3) is 30.2. The van der Waals surface area contributed by atoms with Gasteiger partial charge in [0.1, 0.15) is 19.6 Å². The van der Waals surface area contributed by atoms with Crippen molar-refractivity contribution >= 4 is 31.9 Å². The summed E-state index contributed by atoms with van der Waals surface area (Å²) in [5.41, 5.74) is 12.5. The first-order valence-electron chi connectivity index (χ1n) is 35.7. The van der Waals surface area contributed by atoms with E-state index in [0.717, 1.165) is 101 Å². The van der Waals surface area contributed by atoms with Gasteiger partial charge in [-0.1, -0.05) is 222 Å². The van der Waals surface area contributed by atoms with E-state index in [1.54, 1.807) is 0 Å². The molecule has 0 fully saturated rings. The van der Waals surface area contributed by atoms with Crippen LogP contribution in [0.5, 0.6) is 0 Å². The second-order valence-corrected chi connectivity index (χ2v) is 27.6. The van der Waals surface area contributed by atoms with E-state index in [1.807, 2.05) is 24.5 Å². The molecule has 0 saturated carbocycles. The summed E-state index contributed by atoms with van der Waals surface area (Å²) in [4.78, 5) is 12.9. The van der Waals surface area contributed by atoms with Gasteiger partial charge in [0, 0.05) is 138 Å². The number of nitrogens with one attached hydrogen (secondary N) is 1. The van der Waals surface area contributed by atoms with Crippen LogP contribution in [0.2, 0.25) is 0 Å². The van der Waals surface area contributed by atoms with E-state index >= 15 is 0 Å². The fraction of sp³-hybridized carbons (Fsp3) is 0.442. The van der Waals surface area contributed by atoms with Gasteiger partial charge in [-0.05, 0) is 136 Å². The number of hydrogen-bond donors (Lipinski definition) is 0. The highest BCUT2D eigenvalue weighted by atomic mass is 79.9. The Morgan fingerprint density at radius 1 is 0.347 bits per heavy atom. The van der Waals surface area contributed by atoms with Gasteiger partial charge < -0.3 is 67.9 Å². The Kier molecular flexibility index (Phi) is 47.9. The Morgan fingerprint density at radius 3 is 1.07 bits per heavy atom. The van der Waals surface area contributed by atoms with Gasteiger partial charge >= 0.3 is 0 Å². The number of benzene rings is 3. The second kappa shape index (κ2) is 52.4. The predicted octanol–water partition coefficient (Wildman–Crippen LogP) is 10.3. The number of aryl methyl sites for hydroxylation is 3. The van der Waals surface area contributed by atoms with Crippen LogP contribution in [0, 0.1) is 0 Å². The molecule has 9 unspecified atom stereocenters. The van der Waals surface area contributed by atoms with Crippen LogP contribution in [0.1, 0.15) is 263 Å². The first-order valence-corrected chi connectivity index (χ1v) is 37.9. The summed E-state index contributed by atoms with van der Waals surface area (Å²) in [6.45, 7) is 19.7. The van der Waals surface area contributed by atoms with Gasteiger partial charge in [0.2, 0.25) is 0 Å². The third-order valence-corrected chi connectivity index (χ3v) is 20.5. The number of nitrogens with zero attached hydrogens (tertiary/aromatic N) is 5. The lowest BCUT2D eigenvalue weighted by Gasteiger charge is -2.25. The molecule has 6 aromatic heterocycles. The summed E-state index contributed by atoms with van der Waals surface area (Å²) in [5.74, 6) is 4.26. The molecule has 1 N–H and O–H groups in total. The zero-order valence-electron chi connectivity index (χ0n) is 59.1. The molecular formula is C86H116Br6N6. The Bertz CT molecular complexity index is 3370. The zero-order valence-corrected chi connectivity index (χ0v) is 68.6. The second-order valence-electron chi connectivity index (χ2n) is 26.0. The van der Waals surface area contributed by atoms with E-state index in [-0.39, 0.29) is 75.4 Å². The van der Waals surface area contributed by atoms with Crippen LogP contribution in [0.3, 0.4) is 0 Å². The number of pyridine rings is 6. The number of H-pyrrole nitrogens is 1. The molecule has 9 atom stereocenters. The van der Waals surface area contributed by atoms with Crippen molar-refractivity contribution in [3.63, 3.8) is 0 Å². The predicted molar refractivity (Wildman–Crippen MR) is 403 cm³/mol. The van der Waals surface area contributed by atoms with Gasteiger partial charge in [-0.3, -0.25) is 9.97 Å². The smallest absolute Gasteiger partial charge is 0.184 e. The summed E-state index contributed by atoms with van der Waals surface area (Å²) in [5, 5.41) is 2.28. The van der Waals surface area contributed by atoms with E-state index in [0.29, 0.717) is 53.3 Å². The lowest BCUT2D eigenvalue weighted by Crippen LogP contribution is -3.00. The molecule has 12 heteroatoms. The van der Waals surface area contributed by atoms with E-state index in [4.69, 9.17) is 0 Å². The number of halogens is 6. The summed E-state index contributed by atoms with van der Waals surface area (Å²) < 4.78 is 7.74. The van der Waals surface area contributed by atoms with Crippen molar-refractivity contribution in [2.24, 2.45) is 0 Å². The number of hydrogen-bond acceptors (Lipinski definition) is 2. The maximum absolute atomic E-state index is 4.69. The average molecular weight is 1710 g/mol. The molecule has 6 nitrogen and oxygen atoms in total. The van der Waals surface area contributed by atoms with Crippen molar-refractivity contribution in [2.75, 3.05) is 10.7 Å². The molecule has 0 spiro atoms. The minimum atomic E-state index is 0. The Balaban J connectivity index is 0.000000735. The van der Waals surface area contributed by atoms with Crippen molar-refractivity contribution < 1.29 is 86.6 Å². The van der Waals surface area contributed by atoms with Crippen molar-refractivity contribution in [2.45, 2.75) is 232 Å². The number of rotatable bonds is 36. The maximum Gasteiger partial charge on any atom is 0.184 e. The first kappa shape index (κ1) is 89.5. The lowest BCUT2D eigenvalue weighted by atomic mass is 9.80. The first-order chi connectivity index (χ1) is 45.7. The third-order valence-electron chi connectivity index (χ3n) is 19.3. The van der Waals surface area contributed by atoms with Crippen LogP contribution in [0.25, 0.3) is 0 Å². The summed E-state index contributed by atoms with van der Waals surface area (Å²) >= 11 is 6.66. The van der Waals surface area contributed by atoms with Gasteiger partial charge in [0.05, 0.1) is 0 Å². The zero-order chi connectivity index (χ0) is 65.7. The molecule has 0 amide bonds. The Hall–Kier alpha value is -4.56. The normalized spacial score (nSPS) is 13.4. The summed E-state index contributed by atoms with van der Waals surface area (Å²) in [6, 6.07) is 72.8. The van der Waals surface area contributed by atoms with Crippen molar-refractivity contribution in [1.82, 2.24) is 9.97 Å². The maximum atomic E-state index is 4.69. The molecule has 0 bridgehead atoms. The van der Waals surface area contributed by atoms with Crippen LogP contribution >= 0.6 is 31.9 Å². The minimum absolute atomic E-state index is 0. The highest BCUT2D eigenvalue weighted by Gasteiger charge is 2.33. The van der Waals surface area contributed by atoms with Gasteiger partial charge in [-0.15, -0.1) is 0 Å². The minimum Gasteiger partial charge on any atom is -1.00 e. The van der Waals surface area contributed by atoms with Crippen LogP contribution in [-0.4, -0.2) is 20.6 Å². The van der Waals surface area contributed by atoms with E-state index < -0.39 is 0 Å². The molecule has 0 aliphatic carbocycles. The number of aromatic nitrogens is 6. The van der Waals surface area contributed by atoms with Gasteiger partial charge in [-0.2, -0.15) is 0 Å². The highest BCUT2D eigenvalue weighted by molar-refractivity contribution is 9.09. The SMILES string of the molecule is BrCCCCBr.C.CCC(CC(CC(C)c1ccccc1)c1ccccn1)c1ccccn1.CCCCC[n+]1ccccc1C(CC(C)c1ccccc1)CC(CC)c1cccc[n+]1CCCC[n+]1ccccc1C(CC)CC(CC(C)c1ccccc1)c1cccc[nH+]1.[Br-].[Br-].[Br-].[Br-]. The van der Waals surface area contributed by atoms with Crippen LogP contribution in [0.15, 0.2) is 237 Å². The van der Waals surface area contributed by atoms with E-state index in [1.165, 1.54) is 83.0 Å². The number of alkyl halides is 2. The molecule has 0 radical (unpaired) electrons. The topological polar surface area (TPSA) is 51.6 Å². The molecule has 9 rings (SSSR count). The van der Waals surface area contributed by atoms with E-state index in [9.17, 15) is 0 Å². The molecule has 0 aliphatic heterocycles. The fourth-order valence-electron chi connectivity index (χ4n) is 14.0. The van der Waals surface area contributed by atoms with Gasteiger partial charge in [-0.25, -0.2) is 18.7 Å². The quantitative estimate of drug-likeness (QED) is 0.0223. The summed E-state index contributed by atoms with van der Waals surface area (Å²) in [7, 11) is 0. The van der Waals surface area contributed by atoms with Crippen LogP contribution in [0.4, 0.5) is 0 Å². The largest absolute Gasteiger partial charge is 1.00 e.